The Bertz CT molecular complexity index is 534. The van der Waals surface area contributed by atoms with Crippen molar-refractivity contribution in [2.75, 3.05) is 19.6 Å². The second kappa shape index (κ2) is 7.05. The van der Waals surface area contributed by atoms with Gasteiger partial charge in [-0.05, 0) is 23.6 Å². The van der Waals surface area contributed by atoms with E-state index in [9.17, 15) is 18.4 Å². The Morgan fingerprint density at radius 3 is 2.68 bits per heavy atom. The summed E-state index contributed by atoms with van der Waals surface area (Å²) < 4.78 is 25.1. The lowest BCUT2D eigenvalue weighted by molar-refractivity contribution is -0.135. The zero-order chi connectivity index (χ0) is 16.2. The molecule has 2 rings (SSSR count). The summed E-state index contributed by atoms with van der Waals surface area (Å²) >= 11 is 4.62. The molecule has 1 aliphatic rings. The molecule has 0 aliphatic carbocycles. The number of nitrogens with zero attached hydrogens (tertiary/aromatic N) is 1. The zero-order valence-electron chi connectivity index (χ0n) is 11.9. The van der Waals surface area contributed by atoms with Gasteiger partial charge in [-0.3, -0.25) is 9.59 Å². The largest absolute Gasteiger partial charge is 0.399 e. The molecule has 1 N–H and O–H groups in total. The van der Waals surface area contributed by atoms with E-state index in [2.05, 4.69) is 16.9 Å². The average molecular weight is 331 g/mol. The summed E-state index contributed by atoms with van der Waals surface area (Å²) in [5.74, 6) is -1.71. The topological polar surface area (TPSA) is 49.4 Å². The number of amides is 2. The number of carbonyl (C=O) groups is 2. The van der Waals surface area contributed by atoms with Crippen LogP contribution in [0.5, 0.6) is 0 Å². The first-order valence-corrected chi connectivity index (χ1v) is 7.41. The van der Waals surface area contributed by atoms with Crippen LogP contribution in [-0.4, -0.2) is 41.7 Å². The summed E-state index contributed by atoms with van der Waals surface area (Å²) in [5, 5.41) is -1.83. The van der Waals surface area contributed by atoms with Crippen LogP contribution in [0.3, 0.4) is 0 Å². The highest BCUT2D eigenvalue weighted by molar-refractivity contribution is 6.32. The number of nitrogens with one attached hydrogen (secondary N) is 1. The Labute approximate surface area is 132 Å². The van der Waals surface area contributed by atoms with Gasteiger partial charge < -0.3 is 10.2 Å². The standard InChI is InChI=1S/C15H17ClF2N2O2/c16-15(17,18)14(22)19-9-12-8-13(21)20(10-12)7-6-11-4-2-1-3-5-11/h1-5,12H,6-10H2,(H,19,22)/t12-/m1/s1. The molecule has 120 valence electrons. The highest BCUT2D eigenvalue weighted by Gasteiger charge is 2.37. The van der Waals surface area contributed by atoms with Crippen LogP contribution in [-0.2, 0) is 16.0 Å². The first-order valence-electron chi connectivity index (χ1n) is 7.03. The van der Waals surface area contributed by atoms with E-state index in [0.29, 0.717) is 13.1 Å². The van der Waals surface area contributed by atoms with E-state index in [1.54, 1.807) is 4.90 Å². The van der Waals surface area contributed by atoms with Gasteiger partial charge in [0.25, 0.3) is 0 Å². The summed E-state index contributed by atoms with van der Waals surface area (Å²) in [5.41, 5.74) is 1.13. The molecule has 0 unspecified atom stereocenters. The fraction of sp³-hybridized carbons (Fsp3) is 0.467. The van der Waals surface area contributed by atoms with E-state index in [-0.39, 0.29) is 24.8 Å². The van der Waals surface area contributed by atoms with Crippen LogP contribution >= 0.6 is 11.6 Å². The molecule has 1 saturated heterocycles. The maximum atomic E-state index is 12.5. The van der Waals surface area contributed by atoms with Crippen molar-refractivity contribution in [1.29, 1.82) is 0 Å². The SMILES string of the molecule is O=C1C[C@H](CNC(=O)C(F)(F)Cl)CN1CCc1ccccc1. The maximum absolute atomic E-state index is 12.5. The molecular formula is C15H17ClF2N2O2. The van der Waals surface area contributed by atoms with Crippen molar-refractivity contribution in [3.8, 4) is 0 Å². The van der Waals surface area contributed by atoms with Gasteiger partial charge >= 0.3 is 11.3 Å². The molecule has 22 heavy (non-hydrogen) atoms. The number of carbonyl (C=O) groups excluding carboxylic acids is 2. The van der Waals surface area contributed by atoms with Crippen LogP contribution in [0.25, 0.3) is 0 Å². The summed E-state index contributed by atoms with van der Waals surface area (Å²) in [6.07, 6.45) is 0.994. The van der Waals surface area contributed by atoms with Crippen LogP contribution in [0.15, 0.2) is 30.3 Å². The minimum Gasteiger partial charge on any atom is -0.349 e. The van der Waals surface area contributed by atoms with E-state index < -0.39 is 11.3 Å². The quantitative estimate of drug-likeness (QED) is 0.811. The molecule has 0 aromatic heterocycles. The van der Waals surface area contributed by atoms with E-state index in [4.69, 9.17) is 0 Å². The highest BCUT2D eigenvalue weighted by Crippen LogP contribution is 2.20. The molecule has 0 spiro atoms. The fourth-order valence-corrected chi connectivity index (χ4v) is 2.52. The lowest BCUT2D eigenvalue weighted by Gasteiger charge is -2.17. The normalized spacial score (nSPS) is 18.6. The molecule has 7 heteroatoms. The Kier molecular flexibility index (Phi) is 5.34. The summed E-state index contributed by atoms with van der Waals surface area (Å²) in [7, 11) is 0. The van der Waals surface area contributed by atoms with Crippen LogP contribution in [0, 0.1) is 5.92 Å². The van der Waals surface area contributed by atoms with Crippen LogP contribution in [0.2, 0.25) is 0 Å². The van der Waals surface area contributed by atoms with Gasteiger partial charge in [-0.25, -0.2) is 0 Å². The average Bonchev–Trinajstić information content (AvgIpc) is 2.83. The van der Waals surface area contributed by atoms with Crippen molar-refractivity contribution in [2.45, 2.75) is 18.2 Å². The number of alkyl halides is 3. The second-order valence-electron chi connectivity index (χ2n) is 5.35. The number of benzene rings is 1. The van der Waals surface area contributed by atoms with Crippen LogP contribution in [0.4, 0.5) is 8.78 Å². The summed E-state index contributed by atoms with van der Waals surface area (Å²) in [4.78, 5) is 24.6. The molecule has 4 nitrogen and oxygen atoms in total. The minimum absolute atomic E-state index is 0.0205. The summed E-state index contributed by atoms with van der Waals surface area (Å²) in [6.45, 7) is 1.06. The van der Waals surface area contributed by atoms with Gasteiger partial charge in [0.05, 0.1) is 0 Å². The maximum Gasteiger partial charge on any atom is 0.399 e. The second-order valence-corrected chi connectivity index (χ2v) is 5.83. The number of halogens is 3. The first kappa shape index (κ1) is 16.7. The van der Waals surface area contributed by atoms with Gasteiger partial charge in [0, 0.05) is 32.0 Å². The highest BCUT2D eigenvalue weighted by atomic mass is 35.5. The molecular weight excluding hydrogens is 314 g/mol. The zero-order valence-corrected chi connectivity index (χ0v) is 12.7. The predicted octanol–water partition coefficient (Wildman–Crippen LogP) is 2.03. The van der Waals surface area contributed by atoms with E-state index in [1.807, 2.05) is 30.3 Å². The Morgan fingerprint density at radius 2 is 2.05 bits per heavy atom. The Balaban J connectivity index is 1.77. The van der Waals surface area contributed by atoms with Gasteiger partial charge in [-0.15, -0.1) is 0 Å². The Morgan fingerprint density at radius 1 is 1.36 bits per heavy atom. The van der Waals surface area contributed by atoms with Gasteiger partial charge in [-0.1, -0.05) is 30.3 Å². The molecule has 1 heterocycles. The molecule has 0 bridgehead atoms. The van der Waals surface area contributed by atoms with Crippen molar-refractivity contribution < 1.29 is 18.4 Å². The monoisotopic (exact) mass is 330 g/mol. The van der Waals surface area contributed by atoms with Crippen molar-refractivity contribution in [3.63, 3.8) is 0 Å². The lowest BCUT2D eigenvalue weighted by atomic mass is 10.1. The smallest absolute Gasteiger partial charge is 0.349 e. The van der Waals surface area contributed by atoms with E-state index >= 15 is 0 Å². The molecule has 2 amide bonds. The van der Waals surface area contributed by atoms with Crippen molar-refractivity contribution >= 4 is 23.4 Å². The minimum atomic E-state index is -3.91. The summed E-state index contributed by atoms with van der Waals surface area (Å²) in [6, 6.07) is 9.77. The van der Waals surface area contributed by atoms with Crippen molar-refractivity contribution in [1.82, 2.24) is 10.2 Å². The van der Waals surface area contributed by atoms with Gasteiger partial charge in [-0.2, -0.15) is 8.78 Å². The molecule has 1 aromatic carbocycles. The first-order chi connectivity index (χ1) is 10.4. The third-order valence-electron chi connectivity index (χ3n) is 3.62. The van der Waals surface area contributed by atoms with Crippen LogP contribution < -0.4 is 5.32 Å². The third kappa shape index (κ3) is 4.66. The lowest BCUT2D eigenvalue weighted by Crippen LogP contribution is -2.39. The number of hydrogen-bond donors (Lipinski definition) is 1. The third-order valence-corrected chi connectivity index (χ3v) is 3.79. The Hall–Kier alpha value is -1.69. The van der Waals surface area contributed by atoms with Gasteiger partial charge in [0.15, 0.2) is 0 Å². The molecule has 1 aliphatic heterocycles. The van der Waals surface area contributed by atoms with E-state index in [0.717, 1.165) is 12.0 Å². The molecule has 1 fully saturated rings. The van der Waals surface area contributed by atoms with Crippen LogP contribution in [0.1, 0.15) is 12.0 Å². The van der Waals surface area contributed by atoms with Gasteiger partial charge in [0.1, 0.15) is 0 Å². The molecule has 1 atom stereocenters. The van der Waals surface area contributed by atoms with Crippen molar-refractivity contribution in [2.24, 2.45) is 5.92 Å². The van der Waals surface area contributed by atoms with Crippen molar-refractivity contribution in [3.05, 3.63) is 35.9 Å². The molecule has 1 aromatic rings. The van der Waals surface area contributed by atoms with E-state index in [1.165, 1.54) is 0 Å². The molecule has 0 radical (unpaired) electrons. The fourth-order valence-electron chi connectivity index (χ4n) is 2.45. The predicted molar refractivity (Wildman–Crippen MR) is 78.6 cm³/mol. The number of likely N-dealkylation sites (tertiary alicyclic amines) is 1. The molecule has 0 saturated carbocycles. The number of rotatable bonds is 6. The number of hydrogen-bond acceptors (Lipinski definition) is 2. The van der Waals surface area contributed by atoms with Gasteiger partial charge in [0.2, 0.25) is 5.91 Å².